The van der Waals surface area contributed by atoms with E-state index in [9.17, 15) is 8.42 Å². The van der Waals surface area contributed by atoms with Gasteiger partial charge in [-0.25, -0.2) is 13.1 Å². The summed E-state index contributed by atoms with van der Waals surface area (Å²) in [6.45, 7) is 2.77. The Morgan fingerprint density at radius 3 is 2.46 bits per heavy atom. The molecule has 136 valence electrons. The second-order valence-corrected chi connectivity index (χ2v) is 7.68. The van der Waals surface area contributed by atoms with Crippen molar-refractivity contribution in [2.45, 2.75) is 18.2 Å². The van der Waals surface area contributed by atoms with Crippen LogP contribution in [0.1, 0.15) is 12.5 Å². The SMILES string of the molecule is CCOc1ccc2ccccc2c1CCNS(=O)(=O)c1ccc(N)cc1. The molecule has 5 nitrogen and oxygen atoms in total. The van der Waals surface area contributed by atoms with E-state index in [1.807, 2.05) is 43.3 Å². The van der Waals surface area contributed by atoms with Crippen molar-refractivity contribution in [1.29, 1.82) is 0 Å². The predicted octanol–water partition coefficient (Wildman–Crippen LogP) is 3.34. The van der Waals surface area contributed by atoms with Crippen LogP contribution in [0.2, 0.25) is 0 Å². The Kier molecular flexibility index (Phi) is 5.44. The van der Waals surface area contributed by atoms with E-state index in [1.165, 1.54) is 12.1 Å². The van der Waals surface area contributed by atoms with E-state index < -0.39 is 10.0 Å². The molecule has 0 saturated carbocycles. The topological polar surface area (TPSA) is 81.4 Å². The molecular weight excluding hydrogens is 348 g/mol. The molecule has 0 atom stereocenters. The third-order valence-electron chi connectivity index (χ3n) is 4.15. The lowest BCUT2D eigenvalue weighted by Gasteiger charge is -2.14. The molecule has 0 fully saturated rings. The van der Waals surface area contributed by atoms with Gasteiger partial charge in [-0.05, 0) is 54.4 Å². The number of nitrogens with two attached hydrogens (primary N) is 1. The number of benzene rings is 3. The molecule has 3 aromatic rings. The highest BCUT2D eigenvalue weighted by atomic mass is 32.2. The van der Waals surface area contributed by atoms with Crippen molar-refractivity contribution in [2.75, 3.05) is 18.9 Å². The van der Waals surface area contributed by atoms with E-state index in [2.05, 4.69) is 4.72 Å². The predicted molar refractivity (Wildman–Crippen MR) is 105 cm³/mol. The summed E-state index contributed by atoms with van der Waals surface area (Å²) in [6.07, 6.45) is 0.533. The molecule has 6 heteroatoms. The van der Waals surface area contributed by atoms with E-state index in [4.69, 9.17) is 10.5 Å². The largest absolute Gasteiger partial charge is 0.494 e. The van der Waals surface area contributed by atoms with Gasteiger partial charge < -0.3 is 10.5 Å². The fourth-order valence-electron chi connectivity index (χ4n) is 2.91. The third kappa shape index (κ3) is 3.98. The zero-order chi connectivity index (χ0) is 18.6. The van der Waals surface area contributed by atoms with Gasteiger partial charge in [-0.15, -0.1) is 0 Å². The van der Waals surface area contributed by atoms with Crippen LogP contribution in [0.3, 0.4) is 0 Å². The normalized spacial score (nSPS) is 11.6. The first-order valence-corrected chi connectivity index (χ1v) is 9.98. The van der Waals surface area contributed by atoms with E-state index >= 15 is 0 Å². The number of rotatable bonds is 7. The van der Waals surface area contributed by atoms with Crippen LogP contribution in [-0.4, -0.2) is 21.6 Å². The van der Waals surface area contributed by atoms with Gasteiger partial charge in [0.05, 0.1) is 11.5 Å². The van der Waals surface area contributed by atoms with Crippen LogP contribution < -0.4 is 15.2 Å². The lowest BCUT2D eigenvalue weighted by molar-refractivity contribution is 0.337. The van der Waals surface area contributed by atoms with Crippen molar-refractivity contribution in [3.8, 4) is 5.75 Å². The van der Waals surface area contributed by atoms with Crippen molar-refractivity contribution >= 4 is 26.5 Å². The molecule has 0 spiro atoms. The highest BCUT2D eigenvalue weighted by Gasteiger charge is 2.15. The third-order valence-corrected chi connectivity index (χ3v) is 5.63. The maximum absolute atomic E-state index is 12.4. The summed E-state index contributed by atoms with van der Waals surface area (Å²) in [5, 5.41) is 2.18. The Labute approximate surface area is 153 Å². The summed E-state index contributed by atoms with van der Waals surface area (Å²) < 4.78 is 33.2. The summed E-state index contributed by atoms with van der Waals surface area (Å²) in [4.78, 5) is 0.203. The second-order valence-electron chi connectivity index (χ2n) is 5.91. The molecule has 26 heavy (non-hydrogen) atoms. The van der Waals surface area contributed by atoms with E-state index in [1.54, 1.807) is 12.1 Å². The molecule has 0 radical (unpaired) electrons. The quantitative estimate of drug-likeness (QED) is 0.625. The van der Waals surface area contributed by atoms with Gasteiger partial charge in [-0.2, -0.15) is 0 Å². The Balaban J connectivity index is 1.81. The molecule has 0 aromatic heterocycles. The molecule has 3 aromatic carbocycles. The van der Waals surface area contributed by atoms with Gasteiger partial charge in [0.25, 0.3) is 0 Å². The van der Waals surface area contributed by atoms with Gasteiger partial charge in [0, 0.05) is 17.8 Å². The molecule has 0 aliphatic rings. The zero-order valence-corrected chi connectivity index (χ0v) is 15.4. The average molecular weight is 370 g/mol. The molecule has 0 aliphatic carbocycles. The molecule has 0 aliphatic heterocycles. The molecule has 0 heterocycles. The van der Waals surface area contributed by atoms with E-state index in [0.29, 0.717) is 18.7 Å². The number of nitrogen functional groups attached to an aromatic ring is 1. The lowest BCUT2D eigenvalue weighted by atomic mass is 10.0. The van der Waals surface area contributed by atoms with Gasteiger partial charge in [0.2, 0.25) is 10.0 Å². The van der Waals surface area contributed by atoms with Crippen LogP contribution in [0.15, 0.2) is 65.6 Å². The molecule has 0 unspecified atom stereocenters. The summed E-state index contributed by atoms with van der Waals surface area (Å²) in [5.41, 5.74) is 7.15. The Bertz CT molecular complexity index is 999. The smallest absolute Gasteiger partial charge is 0.240 e. The Morgan fingerprint density at radius 1 is 1.00 bits per heavy atom. The minimum Gasteiger partial charge on any atom is -0.494 e. The number of hydrogen-bond donors (Lipinski definition) is 2. The molecule has 0 amide bonds. The number of hydrogen-bond acceptors (Lipinski definition) is 4. The van der Waals surface area contributed by atoms with Crippen LogP contribution in [0.4, 0.5) is 5.69 Å². The van der Waals surface area contributed by atoms with Crippen molar-refractivity contribution in [1.82, 2.24) is 4.72 Å². The van der Waals surface area contributed by atoms with E-state index in [0.717, 1.165) is 22.1 Å². The number of sulfonamides is 1. The van der Waals surface area contributed by atoms with Crippen LogP contribution in [-0.2, 0) is 16.4 Å². The summed E-state index contributed by atoms with van der Waals surface area (Å²) in [7, 11) is -3.57. The number of ether oxygens (including phenoxy) is 1. The summed E-state index contributed by atoms with van der Waals surface area (Å²) in [6, 6.07) is 18.1. The average Bonchev–Trinajstić information content (AvgIpc) is 2.63. The number of anilines is 1. The first-order chi connectivity index (χ1) is 12.5. The molecular formula is C20H22N2O3S. The van der Waals surface area contributed by atoms with Crippen LogP contribution in [0, 0.1) is 0 Å². The summed E-state index contributed by atoms with van der Waals surface area (Å²) in [5.74, 6) is 0.790. The summed E-state index contributed by atoms with van der Waals surface area (Å²) >= 11 is 0. The molecule has 3 rings (SSSR count). The minimum atomic E-state index is -3.57. The highest BCUT2D eigenvalue weighted by molar-refractivity contribution is 7.89. The zero-order valence-electron chi connectivity index (χ0n) is 14.6. The van der Waals surface area contributed by atoms with Gasteiger partial charge in [0.15, 0.2) is 0 Å². The maximum atomic E-state index is 12.4. The number of fused-ring (bicyclic) bond motifs is 1. The monoisotopic (exact) mass is 370 g/mol. The van der Waals surface area contributed by atoms with Gasteiger partial charge in [0.1, 0.15) is 5.75 Å². The highest BCUT2D eigenvalue weighted by Crippen LogP contribution is 2.28. The molecule has 3 N–H and O–H groups in total. The van der Waals surface area contributed by atoms with Gasteiger partial charge in [-0.1, -0.05) is 30.3 Å². The van der Waals surface area contributed by atoms with Crippen molar-refractivity contribution in [2.24, 2.45) is 0 Å². The second kappa shape index (κ2) is 7.76. The van der Waals surface area contributed by atoms with Crippen LogP contribution >= 0.6 is 0 Å². The fraction of sp³-hybridized carbons (Fsp3) is 0.200. The minimum absolute atomic E-state index is 0.203. The molecule has 0 saturated heterocycles. The fourth-order valence-corrected chi connectivity index (χ4v) is 3.94. The van der Waals surface area contributed by atoms with Crippen LogP contribution in [0.25, 0.3) is 10.8 Å². The Morgan fingerprint density at radius 2 is 1.73 bits per heavy atom. The van der Waals surface area contributed by atoms with Crippen LogP contribution in [0.5, 0.6) is 5.75 Å². The first-order valence-electron chi connectivity index (χ1n) is 8.50. The Hall–Kier alpha value is -2.57. The lowest BCUT2D eigenvalue weighted by Crippen LogP contribution is -2.26. The van der Waals surface area contributed by atoms with Crippen molar-refractivity contribution in [3.05, 3.63) is 66.2 Å². The van der Waals surface area contributed by atoms with E-state index in [-0.39, 0.29) is 11.4 Å². The van der Waals surface area contributed by atoms with Crippen molar-refractivity contribution in [3.63, 3.8) is 0 Å². The maximum Gasteiger partial charge on any atom is 0.240 e. The first kappa shape index (κ1) is 18.2. The van der Waals surface area contributed by atoms with Gasteiger partial charge in [-0.3, -0.25) is 0 Å². The standard InChI is InChI=1S/C20H22N2O3S/c1-2-25-20-12-7-15-5-3-4-6-18(15)19(20)13-14-22-26(23,24)17-10-8-16(21)9-11-17/h3-12,22H,2,13-14,21H2,1H3. The van der Waals surface area contributed by atoms with Gasteiger partial charge >= 0.3 is 0 Å². The molecule has 0 bridgehead atoms. The number of nitrogens with one attached hydrogen (secondary N) is 1. The van der Waals surface area contributed by atoms with Crippen molar-refractivity contribution < 1.29 is 13.2 Å².